The van der Waals surface area contributed by atoms with Crippen molar-refractivity contribution in [2.24, 2.45) is 0 Å². The van der Waals surface area contributed by atoms with Crippen molar-refractivity contribution in [1.29, 1.82) is 0 Å². The first-order valence-electron chi connectivity index (χ1n) is 8.18. The van der Waals surface area contributed by atoms with Gasteiger partial charge in [0.05, 0.1) is 5.69 Å². The predicted octanol–water partition coefficient (Wildman–Crippen LogP) is 4.43. The first-order chi connectivity index (χ1) is 12.9. The Morgan fingerprint density at radius 1 is 1.19 bits per heavy atom. The van der Waals surface area contributed by atoms with Crippen LogP contribution in [0.3, 0.4) is 0 Å². The highest BCUT2D eigenvalue weighted by atomic mass is 32.1. The van der Waals surface area contributed by atoms with E-state index >= 15 is 0 Å². The topological polar surface area (TPSA) is 86.6 Å². The Labute approximate surface area is 157 Å². The van der Waals surface area contributed by atoms with Gasteiger partial charge in [0.1, 0.15) is 16.4 Å². The van der Waals surface area contributed by atoms with Crippen LogP contribution in [0.15, 0.2) is 48.5 Å². The molecule has 2 heterocycles. The zero-order valence-corrected chi connectivity index (χ0v) is 14.7. The third-order valence-electron chi connectivity index (χ3n) is 4.51. The lowest BCUT2D eigenvalue weighted by Crippen LogP contribution is -2.22. The summed E-state index contributed by atoms with van der Waals surface area (Å²) in [7, 11) is 0. The van der Waals surface area contributed by atoms with E-state index in [9.17, 15) is 24.2 Å². The van der Waals surface area contributed by atoms with Crippen molar-refractivity contribution >= 4 is 28.9 Å². The molecule has 0 saturated heterocycles. The minimum absolute atomic E-state index is 0.0524. The van der Waals surface area contributed by atoms with E-state index in [0.717, 1.165) is 16.9 Å². The van der Waals surface area contributed by atoms with Crippen LogP contribution in [0.2, 0.25) is 0 Å². The maximum atomic E-state index is 13.7. The molecular weight excluding hydrogens is 369 g/mol. The number of rotatable bonds is 3. The Bertz CT molecular complexity index is 1060. The van der Waals surface area contributed by atoms with E-state index in [4.69, 9.17) is 0 Å². The highest BCUT2D eigenvalue weighted by Gasteiger charge is 2.34. The Kier molecular flexibility index (Phi) is 4.16. The number of fused-ring (bicyclic) bond motifs is 1. The van der Waals surface area contributed by atoms with Crippen LogP contribution in [-0.4, -0.2) is 22.1 Å². The van der Waals surface area contributed by atoms with Crippen LogP contribution in [0.25, 0.3) is 11.1 Å². The van der Waals surface area contributed by atoms with Gasteiger partial charge < -0.3 is 15.5 Å². The molecule has 136 valence electrons. The zero-order valence-electron chi connectivity index (χ0n) is 13.9. The van der Waals surface area contributed by atoms with Gasteiger partial charge in [0.25, 0.3) is 0 Å². The van der Waals surface area contributed by atoms with Gasteiger partial charge in [-0.05, 0) is 35.4 Å². The molecule has 0 saturated carbocycles. The molecule has 3 N–H and O–H groups in total. The minimum Gasteiger partial charge on any atom is -0.508 e. The number of halogens is 1. The van der Waals surface area contributed by atoms with Gasteiger partial charge in [-0.2, -0.15) is 0 Å². The molecule has 0 bridgehead atoms. The summed E-state index contributed by atoms with van der Waals surface area (Å²) in [5.41, 5.74) is 1.93. The normalized spacial score (nSPS) is 15.9. The molecule has 3 aromatic rings. The summed E-state index contributed by atoms with van der Waals surface area (Å²) in [4.78, 5) is 24.9. The SMILES string of the molecule is O=C1C[C@@H](c2ccc(O)cc2)c2sc(C(=O)O)c(-c3cccc(F)c3)c2N1. The fourth-order valence-electron chi connectivity index (χ4n) is 3.33. The Morgan fingerprint density at radius 2 is 1.93 bits per heavy atom. The molecule has 0 fully saturated rings. The quantitative estimate of drug-likeness (QED) is 0.624. The molecule has 5 nitrogen and oxygen atoms in total. The largest absolute Gasteiger partial charge is 0.508 e. The molecule has 1 aliphatic rings. The van der Waals surface area contributed by atoms with Gasteiger partial charge in [-0.3, -0.25) is 4.79 Å². The first kappa shape index (κ1) is 17.2. The molecule has 1 atom stereocenters. The molecule has 0 spiro atoms. The summed E-state index contributed by atoms with van der Waals surface area (Å²) in [5.74, 6) is -2.09. The van der Waals surface area contributed by atoms with Crippen LogP contribution in [0.1, 0.15) is 32.5 Å². The number of anilines is 1. The van der Waals surface area contributed by atoms with Crippen molar-refractivity contribution in [3.63, 3.8) is 0 Å². The van der Waals surface area contributed by atoms with Gasteiger partial charge in [0.15, 0.2) is 0 Å². The van der Waals surface area contributed by atoms with Crippen LogP contribution in [0.4, 0.5) is 10.1 Å². The molecule has 0 unspecified atom stereocenters. The number of carboxylic acid groups (broad SMARTS) is 1. The third-order valence-corrected chi connectivity index (χ3v) is 5.80. The number of benzene rings is 2. The average molecular weight is 383 g/mol. The second-order valence-electron chi connectivity index (χ2n) is 6.26. The summed E-state index contributed by atoms with van der Waals surface area (Å²) in [6, 6.07) is 12.1. The van der Waals surface area contributed by atoms with E-state index < -0.39 is 11.8 Å². The molecule has 1 amide bonds. The lowest BCUT2D eigenvalue weighted by molar-refractivity contribution is -0.116. The Hall–Kier alpha value is -3.19. The molecule has 4 rings (SSSR count). The molecule has 7 heteroatoms. The monoisotopic (exact) mass is 383 g/mol. The number of carboxylic acids is 1. The summed E-state index contributed by atoms with van der Waals surface area (Å²) in [6.07, 6.45) is 0.167. The van der Waals surface area contributed by atoms with Crippen molar-refractivity contribution in [2.75, 3.05) is 5.32 Å². The highest BCUT2D eigenvalue weighted by molar-refractivity contribution is 7.15. The molecule has 2 aromatic carbocycles. The van der Waals surface area contributed by atoms with Crippen molar-refractivity contribution in [3.8, 4) is 16.9 Å². The fourth-order valence-corrected chi connectivity index (χ4v) is 4.58. The van der Waals surface area contributed by atoms with Crippen LogP contribution in [0, 0.1) is 5.82 Å². The van der Waals surface area contributed by atoms with Crippen molar-refractivity contribution < 1.29 is 24.2 Å². The van der Waals surface area contributed by atoms with E-state index in [1.807, 2.05) is 0 Å². The predicted molar refractivity (Wildman–Crippen MR) is 99.9 cm³/mol. The molecule has 1 aromatic heterocycles. The van der Waals surface area contributed by atoms with Gasteiger partial charge in [-0.25, -0.2) is 9.18 Å². The molecule has 1 aliphatic heterocycles. The van der Waals surface area contributed by atoms with Gasteiger partial charge >= 0.3 is 5.97 Å². The fraction of sp³-hybridized carbons (Fsp3) is 0.100. The van der Waals surface area contributed by atoms with E-state index in [0.29, 0.717) is 21.7 Å². The standard InChI is InChI=1S/C20H14FNO4S/c21-12-3-1-2-11(8-12)16-17-18(27-19(16)20(25)26)14(9-15(24)22-17)10-4-6-13(23)7-5-10/h1-8,14,23H,9H2,(H,22,24)(H,25,26)/t14-/m0/s1. The van der Waals surface area contributed by atoms with Crippen LogP contribution < -0.4 is 5.32 Å². The Morgan fingerprint density at radius 3 is 2.59 bits per heavy atom. The second-order valence-corrected chi connectivity index (χ2v) is 7.31. The van der Waals surface area contributed by atoms with E-state index in [2.05, 4.69) is 5.32 Å². The smallest absolute Gasteiger partial charge is 0.346 e. The van der Waals surface area contributed by atoms with Crippen LogP contribution in [0.5, 0.6) is 5.75 Å². The maximum Gasteiger partial charge on any atom is 0.346 e. The number of nitrogens with one attached hydrogen (secondary N) is 1. The maximum absolute atomic E-state index is 13.7. The number of hydrogen-bond acceptors (Lipinski definition) is 4. The zero-order chi connectivity index (χ0) is 19.1. The average Bonchev–Trinajstić information content (AvgIpc) is 3.01. The number of carbonyl (C=O) groups is 2. The summed E-state index contributed by atoms with van der Waals surface area (Å²) < 4.78 is 13.7. The van der Waals surface area contributed by atoms with Crippen LogP contribution in [-0.2, 0) is 4.79 Å². The molecule has 0 aliphatic carbocycles. The summed E-state index contributed by atoms with van der Waals surface area (Å²) in [6.45, 7) is 0. The van der Waals surface area contributed by atoms with E-state index in [1.165, 1.54) is 30.3 Å². The molecular formula is C20H14FNO4S. The number of aromatic hydroxyl groups is 1. The number of amides is 1. The summed E-state index contributed by atoms with van der Waals surface area (Å²) >= 11 is 1.08. The van der Waals surface area contributed by atoms with Gasteiger partial charge in [-0.15, -0.1) is 11.3 Å². The van der Waals surface area contributed by atoms with Crippen molar-refractivity contribution in [2.45, 2.75) is 12.3 Å². The lowest BCUT2D eigenvalue weighted by atomic mass is 9.88. The second kappa shape index (κ2) is 6.51. The molecule has 0 radical (unpaired) electrons. The van der Waals surface area contributed by atoms with Crippen LogP contribution >= 0.6 is 11.3 Å². The van der Waals surface area contributed by atoms with Gasteiger partial charge in [0.2, 0.25) is 5.91 Å². The lowest BCUT2D eigenvalue weighted by Gasteiger charge is -2.24. The Balaban J connectivity index is 1.94. The van der Waals surface area contributed by atoms with Gasteiger partial charge in [-0.1, -0.05) is 24.3 Å². The number of carbonyl (C=O) groups excluding carboxylic acids is 1. The van der Waals surface area contributed by atoms with Gasteiger partial charge in [0, 0.05) is 22.8 Å². The van der Waals surface area contributed by atoms with Crippen molar-refractivity contribution in [3.05, 3.63) is 69.7 Å². The number of hydrogen-bond donors (Lipinski definition) is 3. The third kappa shape index (κ3) is 3.06. The number of thiophene rings is 1. The molecule has 27 heavy (non-hydrogen) atoms. The summed E-state index contributed by atoms with van der Waals surface area (Å²) in [5, 5.41) is 22.0. The van der Waals surface area contributed by atoms with E-state index in [1.54, 1.807) is 18.2 Å². The van der Waals surface area contributed by atoms with E-state index in [-0.39, 0.29) is 28.9 Å². The van der Waals surface area contributed by atoms with Crippen molar-refractivity contribution in [1.82, 2.24) is 0 Å². The number of phenolic OH excluding ortho intramolecular Hbond substituents is 1. The first-order valence-corrected chi connectivity index (χ1v) is 9.00. The number of phenols is 1. The number of aromatic carboxylic acids is 1. The minimum atomic E-state index is -1.13. The highest BCUT2D eigenvalue weighted by Crippen LogP contribution is 2.49.